The van der Waals surface area contributed by atoms with Gasteiger partial charge in [0.1, 0.15) is 0 Å². The molecule has 45 valence electrons. The molecule has 0 aliphatic carbocycles. The molecule has 0 amide bonds. The van der Waals surface area contributed by atoms with Crippen molar-refractivity contribution in [1.29, 1.82) is 0 Å². The zero-order chi connectivity index (χ0) is 6.57. The van der Waals surface area contributed by atoms with Crippen LogP contribution in [0.5, 0.6) is 0 Å². The minimum atomic E-state index is -1.69. The minimum Gasteiger partial charge on any atom is -0.295 e. The summed E-state index contributed by atoms with van der Waals surface area (Å²) in [5.74, 6) is 0. The maximum atomic E-state index is 9.50. The number of hydrogen-bond donors (Lipinski definition) is 0. The SMILES string of the molecule is O=CC(C=O)[N+](=O)[O-].[Na]. The van der Waals surface area contributed by atoms with Crippen LogP contribution in [0.3, 0.4) is 0 Å². The number of rotatable bonds is 3. The molecule has 5 nitrogen and oxygen atoms in total. The predicted molar refractivity (Wildman–Crippen MR) is 28.7 cm³/mol. The van der Waals surface area contributed by atoms with E-state index in [2.05, 4.69) is 0 Å². The Labute approximate surface area is 72.9 Å². The van der Waals surface area contributed by atoms with Crippen molar-refractivity contribution in [1.82, 2.24) is 0 Å². The second kappa shape index (κ2) is 5.87. The third kappa shape index (κ3) is 4.26. The molecule has 0 aromatic heterocycles. The molecule has 0 rings (SSSR count). The van der Waals surface area contributed by atoms with Gasteiger partial charge < -0.3 is 0 Å². The first-order chi connectivity index (χ1) is 3.72. The van der Waals surface area contributed by atoms with Crippen molar-refractivity contribution in [2.45, 2.75) is 6.04 Å². The largest absolute Gasteiger partial charge is 0.321 e. The molecule has 0 atom stereocenters. The minimum absolute atomic E-state index is 0. The van der Waals surface area contributed by atoms with E-state index in [0.717, 1.165) is 0 Å². The first-order valence-corrected chi connectivity index (χ1v) is 1.76. The molecule has 0 aliphatic heterocycles. The summed E-state index contributed by atoms with van der Waals surface area (Å²) in [6.07, 6.45) is -0.0417. The fourth-order valence-electron chi connectivity index (χ4n) is 0.131. The Hall–Kier alpha value is -0.260. The van der Waals surface area contributed by atoms with Gasteiger partial charge in [0.25, 0.3) is 0 Å². The molecule has 0 saturated heterocycles. The average Bonchev–Trinajstić information content (AvgIpc) is 1.69. The maximum Gasteiger partial charge on any atom is 0.321 e. The van der Waals surface area contributed by atoms with Gasteiger partial charge in [-0.1, -0.05) is 0 Å². The van der Waals surface area contributed by atoms with Crippen molar-refractivity contribution in [3.05, 3.63) is 10.1 Å². The molecule has 0 bridgehead atoms. The van der Waals surface area contributed by atoms with E-state index in [1.165, 1.54) is 0 Å². The van der Waals surface area contributed by atoms with Gasteiger partial charge >= 0.3 is 6.04 Å². The molecule has 1 radical (unpaired) electrons. The fourth-order valence-corrected chi connectivity index (χ4v) is 0.131. The van der Waals surface area contributed by atoms with E-state index in [9.17, 15) is 19.7 Å². The number of nitrogens with zero attached hydrogens (tertiary/aromatic N) is 1. The van der Waals surface area contributed by atoms with Crippen LogP contribution in [0.4, 0.5) is 0 Å². The van der Waals surface area contributed by atoms with E-state index < -0.39 is 11.0 Å². The molecule has 6 heteroatoms. The second-order valence-corrected chi connectivity index (χ2v) is 1.05. The second-order valence-electron chi connectivity index (χ2n) is 1.05. The standard InChI is InChI=1S/C3H3NO4.Na/c5-1-3(2-6)4(7)8;/h1-3H;. The Morgan fingerprint density at radius 3 is 1.67 bits per heavy atom. The van der Waals surface area contributed by atoms with Crippen molar-refractivity contribution in [3.63, 3.8) is 0 Å². The predicted octanol–water partition coefficient (Wildman–Crippen LogP) is -1.35. The number of nitro groups is 1. The van der Waals surface area contributed by atoms with Crippen LogP contribution in [-0.2, 0) is 9.59 Å². The quantitative estimate of drug-likeness (QED) is 0.159. The zero-order valence-electron chi connectivity index (χ0n) is 4.81. The van der Waals surface area contributed by atoms with Crippen molar-refractivity contribution in [2.75, 3.05) is 0 Å². The van der Waals surface area contributed by atoms with Gasteiger partial charge in [-0.2, -0.15) is 0 Å². The monoisotopic (exact) mass is 140 g/mol. The molecule has 0 spiro atoms. The van der Waals surface area contributed by atoms with Gasteiger partial charge in [0, 0.05) is 34.5 Å². The number of aldehydes is 2. The summed E-state index contributed by atoms with van der Waals surface area (Å²) in [4.78, 5) is 27.6. The van der Waals surface area contributed by atoms with Gasteiger partial charge in [-0.25, -0.2) is 0 Å². The van der Waals surface area contributed by atoms with Gasteiger partial charge in [0.05, 0.1) is 0 Å². The molecular formula is C3H3NNaO4. The van der Waals surface area contributed by atoms with Crippen LogP contribution in [0.2, 0.25) is 0 Å². The van der Waals surface area contributed by atoms with Gasteiger partial charge in [-0.15, -0.1) is 0 Å². The molecule has 0 N–H and O–H groups in total. The molecule has 0 unspecified atom stereocenters. The van der Waals surface area contributed by atoms with Crippen LogP contribution < -0.4 is 0 Å². The normalized spacial score (nSPS) is 7.67. The van der Waals surface area contributed by atoms with Crippen molar-refractivity contribution in [2.24, 2.45) is 0 Å². The van der Waals surface area contributed by atoms with Gasteiger partial charge in [0.2, 0.25) is 12.6 Å². The van der Waals surface area contributed by atoms with Crippen LogP contribution in [0, 0.1) is 10.1 Å². The molecule has 0 saturated carbocycles. The topological polar surface area (TPSA) is 77.3 Å². The van der Waals surface area contributed by atoms with E-state index in [4.69, 9.17) is 0 Å². The van der Waals surface area contributed by atoms with Gasteiger partial charge in [-0.05, 0) is 0 Å². The molecule has 0 aromatic rings. The third-order valence-electron chi connectivity index (χ3n) is 0.522. The summed E-state index contributed by atoms with van der Waals surface area (Å²) in [6, 6.07) is -1.69. The zero-order valence-corrected chi connectivity index (χ0v) is 6.81. The molecular weight excluding hydrogens is 137 g/mol. The Morgan fingerprint density at radius 2 is 1.67 bits per heavy atom. The molecule has 0 fully saturated rings. The summed E-state index contributed by atoms with van der Waals surface area (Å²) in [7, 11) is 0. The smallest absolute Gasteiger partial charge is 0.295 e. The third-order valence-corrected chi connectivity index (χ3v) is 0.522. The summed E-state index contributed by atoms with van der Waals surface area (Å²) < 4.78 is 0. The Balaban J connectivity index is 0. The van der Waals surface area contributed by atoms with Gasteiger partial charge in [0.15, 0.2) is 0 Å². The van der Waals surface area contributed by atoms with E-state index in [1.807, 2.05) is 0 Å². The van der Waals surface area contributed by atoms with E-state index in [0.29, 0.717) is 0 Å². The van der Waals surface area contributed by atoms with Crippen LogP contribution in [0.1, 0.15) is 0 Å². The molecule has 9 heavy (non-hydrogen) atoms. The van der Waals surface area contributed by atoms with Crippen molar-refractivity contribution >= 4 is 42.1 Å². The number of hydrogen-bond acceptors (Lipinski definition) is 4. The van der Waals surface area contributed by atoms with Crippen LogP contribution >= 0.6 is 0 Å². The molecule has 0 heterocycles. The van der Waals surface area contributed by atoms with Crippen LogP contribution in [0.15, 0.2) is 0 Å². The van der Waals surface area contributed by atoms with E-state index in [-0.39, 0.29) is 42.1 Å². The van der Waals surface area contributed by atoms with E-state index >= 15 is 0 Å². The van der Waals surface area contributed by atoms with Crippen molar-refractivity contribution < 1.29 is 14.5 Å². The maximum absolute atomic E-state index is 9.50. The average molecular weight is 140 g/mol. The Kier molecular flexibility index (Phi) is 7.52. The Morgan fingerprint density at radius 1 is 1.33 bits per heavy atom. The van der Waals surface area contributed by atoms with Crippen LogP contribution in [0.25, 0.3) is 0 Å². The summed E-state index contributed by atoms with van der Waals surface area (Å²) in [6.45, 7) is 0. The molecule has 0 aliphatic rings. The number of carbonyl (C=O) groups is 2. The van der Waals surface area contributed by atoms with Crippen LogP contribution in [-0.4, -0.2) is 53.1 Å². The number of carbonyl (C=O) groups excluding carboxylic acids is 2. The van der Waals surface area contributed by atoms with Gasteiger partial charge in [-0.3, -0.25) is 19.7 Å². The fraction of sp³-hybridized carbons (Fsp3) is 0.333. The molecule has 0 aromatic carbocycles. The van der Waals surface area contributed by atoms with Crippen molar-refractivity contribution in [3.8, 4) is 0 Å². The Bertz CT molecular complexity index is 117. The summed E-state index contributed by atoms with van der Waals surface area (Å²) in [5, 5.41) is 9.50. The summed E-state index contributed by atoms with van der Waals surface area (Å²) in [5.41, 5.74) is 0. The summed E-state index contributed by atoms with van der Waals surface area (Å²) >= 11 is 0. The first-order valence-electron chi connectivity index (χ1n) is 1.76. The van der Waals surface area contributed by atoms with E-state index in [1.54, 1.807) is 0 Å². The first kappa shape index (κ1) is 11.5.